The van der Waals surface area contributed by atoms with Crippen molar-refractivity contribution in [2.24, 2.45) is 23.7 Å². The first-order valence-electron chi connectivity index (χ1n) is 9.25. The van der Waals surface area contributed by atoms with Crippen LogP contribution in [0.4, 0.5) is 0 Å². The lowest BCUT2D eigenvalue weighted by Crippen LogP contribution is -2.52. The van der Waals surface area contributed by atoms with Gasteiger partial charge in [-0.25, -0.2) is 0 Å². The molecule has 0 aromatic heterocycles. The molecule has 3 amide bonds. The molecule has 1 saturated heterocycles. The van der Waals surface area contributed by atoms with Crippen LogP contribution < -0.4 is 10.6 Å². The minimum atomic E-state index is -0.658. The minimum Gasteiger partial charge on any atom is -0.396 e. The third-order valence-corrected chi connectivity index (χ3v) is 5.15. The normalized spacial score (nSPS) is 30.9. The number of rotatable bonds is 5. The summed E-state index contributed by atoms with van der Waals surface area (Å²) in [7, 11) is 1.56. The number of nitrogens with zero attached hydrogens (tertiary/aromatic N) is 1. The van der Waals surface area contributed by atoms with Gasteiger partial charge in [0, 0.05) is 31.7 Å². The Hall–Kier alpha value is -1.89. The maximum atomic E-state index is 13.2. The van der Waals surface area contributed by atoms with Gasteiger partial charge in [0.1, 0.15) is 6.04 Å². The lowest BCUT2D eigenvalue weighted by Gasteiger charge is -2.33. The number of nitrogens with one attached hydrogen (secondary N) is 2. The molecule has 146 valence electrons. The SMILES string of the molecule is CNC(=O)[C@H]1[C@H]2C(=O)N(CCCO)[C@H](C(=O)NC(C)(C)C)[C@H]2C=C[C@H]1C. The topological polar surface area (TPSA) is 98.7 Å². The van der Waals surface area contributed by atoms with E-state index in [1.54, 1.807) is 11.9 Å². The van der Waals surface area contributed by atoms with Crippen LogP contribution in [0.5, 0.6) is 0 Å². The van der Waals surface area contributed by atoms with Gasteiger partial charge in [0.15, 0.2) is 0 Å². The number of fused-ring (bicyclic) bond motifs is 1. The zero-order valence-corrected chi connectivity index (χ0v) is 16.3. The fraction of sp³-hybridized carbons (Fsp3) is 0.737. The van der Waals surface area contributed by atoms with Crippen molar-refractivity contribution in [3.8, 4) is 0 Å². The Bertz CT molecular complexity index is 596. The summed E-state index contributed by atoms with van der Waals surface area (Å²) in [4.78, 5) is 40.1. The number of carbonyl (C=O) groups excluding carboxylic acids is 3. The Morgan fingerprint density at radius 1 is 1.23 bits per heavy atom. The Balaban J connectivity index is 2.41. The molecule has 1 heterocycles. The summed E-state index contributed by atoms with van der Waals surface area (Å²) in [6, 6.07) is -0.658. The lowest BCUT2D eigenvalue weighted by molar-refractivity contribution is -0.141. The lowest BCUT2D eigenvalue weighted by atomic mass is 9.70. The van der Waals surface area contributed by atoms with Gasteiger partial charge in [-0.2, -0.15) is 0 Å². The molecule has 1 aliphatic carbocycles. The van der Waals surface area contributed by atoms with E-state index in [2.05, 4.69) is 10.6 Å². The maximum absolute atomic E-state index is 13.2. The van der Waals surface area contributed by atoms with Crippen LogP contribution in [-0.2, 0) is 14.4 Å². The molecule has 0 saturated carbocycles. The van der Waals surface area contributed by atoms with Gasteiger partial charge >= 0.3 is 0 Å². The van der Waals surface area contributed by atoms with Crippen molar-refractivity contribution < 1.29 is 19.5 Å². The highest BCUT2D eigenvalue weighted by Gasteiger charge is 2.56. The molecule has 3 N–H and O–H groups in total. The number of hydrogen-bond acceptors (Lipinski definition) is 4. The average Bonchev–Trinajstić information content (AvgIpc) is 2.83. The Morgan fingerprint density at radius 3 is 2.42 bits per heavy atom. The Kier molecular flexibility index (Phi) is 6.11. The number of aliphatic hydroxyl groups is 1. The summed E-state index contributed by atoms with van der Waals surface area (Å²) < 4.78 is 0. The Labute approximate surface area is 155 Å². The van der Waals surface area contributed by atoms with E-state index < -0.39 is 23.4 Å². The van der Waals surface area contributed by atoms with E-state index in [1.165, 1.54) is 0 Å². The molecule has 0 aromatic rings. The summed E-state index contributed by atoms with van der Waals surface area (Å²) in [5, 5.41) is 14.8. The highest BCUT2D eigenvalue weighted by molar-refractivity contribution is 5.96. The number of hydrogen-bond donors (Lipinski definition) is 3. The van der Waals surface area contributed by atoms with Gasteiger partial charge in [0.25, 0.3) is 0 Å². The van der Waals surface area contributed by atoms with Gasteiger partial charge in [-0.3, -0.25) is 14.4 Å². The van der Waals surface area contributed by atoms with Crippen LogP contribution in [0.15, 0.2) is 12.2 Å². The molecule has 5 atom stereocenters. The summed E-state index contributed by atoms with van der Waals surface area (Å²) >= 11 is 0. The molecule has 0 radical (unpaired) electrons. The molecule has 0 spiro atoms. The van der Waals surface area contributed by atoms with Crippen LogP contribution in [0, 0.1) is 23.7 Å². The monoisotopic (exact) mass is 365 g/mol. The first-order chi connectivity index (χ1) is 12.1. The molecule has 0 unspecified atom stereocenters. The third kappa shape index (κ3) is 3.92. The average molecular weight is 365 g/mol. The van der Waals surface area contributed by atoms with E-state index in [9.17, 15) is 19.5 Å². The van der Waals surface area contributed by atoms with Crippen molar-refractivity contribution in [3.05, 3.63) is 12.2 Å². The van der Waals surface area contributed by atoms with E-state index in [4.69, 9.17) is 0 Å². The second-order valence-electron chi connectivity index (χ2n) is 8.28. The van der Waals surface area contributed by atoms with Gasteiger partial charge < -0.3 is 20.6 Å². The second-order valence-corrected chi connectivity index (χ2v) is 8.28. The highest BCUT2D eigenvalue weighted by Crippen LogP contribution is 2.44. The molecule has 1 aliphatic heterocycles. The number of carbonyl (C=O) groups is 3. The van der Waals surface area contributed by atoms with E-state index in [0.717, 1.165) is 0 Å². The van der Waals surface area contributed by atoms with E-state index >= 15 is 0 Å². The summed E-state index contributed by atoms with van der Waals surface area (Å²) in [6.07, 6.45) is 4.24. The smallest absolute Gasteiger partial charge is 0.243 e. The molecule has 2 aliphatic rings. The second kappa shape index (κ2) is 7.78. The molecular formula is C19H31N3O4. The van der Waals surface area contributed by atoms with Gasteiger partial charge in [0.2, 0.25) is 17.7 Å². The summed E-state index contributed by atoms with van der Waals surface area (Å²) in [5.74, 6) is -2.04. The largest absolute Gasteiger partial charge is 0.396 e. The molecule has 1 fully saturated rings. The van der Waals surface area contributed by atoms with Crippen molar-refractivity contribution in [2.75, 3.05) is 20.2 Å². The van der Waals surface area contributed by atoms with Gasteiger partial charge in [0.05, 0.1) is 11.8 Å². The quantitative estimate of drug-likeness (QED) is 0.610. The number of aliphatic hydroxyl groups excluding tert-OH is 1. The molecule has 0 aromatic carbocycles. The van der Waals surface area contributed by atoms with Crippen LogP contribution in [-0.4, -0.2) is 59.5 Å². The summed E-state index contributed by atoms with van der Waals surface area (Å²) in [5.41, 5.74) is -0.424. The molecule has 7 nitrogen and oxygen atoms in total. The highest BCUT2D eigenvalue weighted by atomic mass is 16.3. The zero-order valence-electron chi connectivity index (χ0n) is 16.3. The van der Waals surface area contributed by atoms with Crippen LogP contribution >= 0.6 is 0 Å². The minimum absolute atomic E-state index is 0.0577. The van der Waals surface area contributed by atoms with Crippen LogP contribution in [0.1, 0.15) is 34.1 Å². The predicted octanol–water partition coefficient (Wildman–Crippen LogP) is 0.295. The molecule has 7 heteroatoms. The molecule has 0 bridgehead atoms. The first kappa shape index (κ1) is 20.4. The molecular weight excluding hydrogens is 334 g/mol. The molecule has 26 heavy (non-hydrogen) atoms. The first-order valence-corrected chi connectivity index (χ1v) is 9.25. The van der Waals surface area contributed by atoms with Gasteiger partial charge in [-0.15, -0.1) is 0 Å². The van der Waals surface area contributed by atoms with Crippen molar-refractivity contribution in [2.45, 2.75) is 45.7 Å². The van der Waals surface area contributed by atoms with E-state index in [-0.39, 0.29) is 36.2 Å². The maximum Gasteiger partial charge on any atom is 0.243 e. The van der Waals surface area contributed by atoms with Gasteiger partial charge in [-0.1, -0.05) is 19.1 Å². The van der Waals surface area contributed by atoms with E-state index in [1.807, 2.05) is 39.8 Å². The van der Waals surface area contributed by atoms with Gasteiger partial charge in [-0.05, 0) is 33.1 Å². The number of allylic oxidation sites excluding steroid dienone is 1. The Morgan fingerprint density at radius 2 is 1.88 bits per heavy atom. The van der Waals surface area contributed by atoms with Crippen molar-refractivity contribution in [1.82, 2.24) is 15.5 Å². The van der Waals surface area contributed by atoms with Crippen LogP contribution in [0.3, 0.4) is 0 Å². The van der Waals surface area contributed by atoms with Crippen molar-refractivity contribution in [3.63, 3.8) is 0 Å². The third-order valence-electron chi connectivity index (χ3n) is 5.15. The fourth-order valence-electron chi connectivity index (χ4n) is 4.08. The predicted molar refractivity (Wildman–Crippen MR) is 97.9 cm³/mol. The van der Waals surface area contributed by atoms with E-state index in [0.29, 0.717) is 13.0 Å². The molecule has 2 rings (SSSR count). The van der Waals surface area contributed by atoms with Crippen LogP contribution in [0.25, 0.3) is 0 Å². The van der Waals surface area contributed by atoms with Crippen molar-refractivity contribution in [1.29, 1.82) is 0 Å². The van der Waals surface area contributed by atoms with Crippen LogP contribution in [0.2, 0.25) is 0 Å². The standard InChI is InChI=1S/C19H31N3O4/c1-11-7-8-12-14(13(11)16(24)20-5)18(26)22(9-6-10-23)15(12)17(25)21-19(2,3)4/h7-8,11-15,23H,6,9-10H2,1-5H3,(H,20,24)(H,21,25)/t11-,12+,13-,14+,15+/m1/s1. The zero-order chi connectivity index (χ0) is 19.6. The number of likely N-dealkylation sites (tertiary alicyclic amines) is 1. The fourth-order valence-corrected chi connectivity index (χ4v) is 4.08. The number of amides is 3. The summed E-state index contributed by atoms with van der Waals surface area (Å²) in [6.45, 7) is 7.83. The van der Waals surface area contributed by atoms with Crippen molar-refractivity contribution >= 4 is 17.7 Å².